The first-order chi connectivity index (χ1) is 7.19. The fourth-order valence-corrected chi connectivity index (χ4v) is 1.52. The lowest BCUT2D eigenvalue weighted by Crippen LogP contribution is -2.08. The lowest BCUT2D eigenvalue weighted by atomic mass is 10.1. The van der Waals surface area contributed by atoms with Crippen molar-refractivity contribution in [2.75, 3.05) is 13.7 Å². The number of methoxy groups -OCH3 is 1. The molecule has 0 saturated carbocycles. The molecule has 0 heterocycles. The lowest BCUT2D eigenvalue weighted by molar-refractivity contribution is 0.192. The van der Waals surface area contributed by atoms with Crippen LogP contribution in [0.15, 0.2) is 18.2 Å². The van der Waals surface area contributed by atoms with Crippen LogP contribution in [0.1, 0.15) is 19.4 Å². The molecular weight excluding hydrogens is 192 g/mol. The van der Waals surface area contributed by atoms with Crippen molar-refractivity contribution in [3.63, 3.8) is 0 Å². The Balaban J connectivity index is 3.02. The Morgan fingerprint density at radius 2 is 2.00 bits per heavy atom. The van der Waals surface area contributed by atoms with E-state index >= 15 is 0 Å². The van der Waals surface area contributed by atoms with Crippen LogP contribution in [0.5, 0.6) is 11.5 Å². The summed E-state index contributed by atoms with van der Waals surface area (Å²) >= 11 is 0. The summed E-state index contributed by atoms with van der Waals surface area (Å²) in [6, 6.07) is 5.65. The van der Waals surface area contributed by atoms with E-state index in [1.54, 1.807) is 14.0 Å². The number of rotatable bonds is 5. The first-order valence-corrected chi connectivity index (χ1v) is 5.15. The van der Waals surface area contributed by atoms with Gasteiger partial charge in [-0.25, -0.2) is 0 Å². The van der Waals surface area contributed by atoms with Crippen molar-refractivity contribution in [2.45, 2.75) is 26.4 Å². The maximum absolute atomic E-state index is 9.41. The first kappa shape index (κ1) is 11.9. The van der Waals surface area contributed by atoms with Crippen LogP contribution in [0, 0.1) is 0 Å². The Hall–Kier alpha value is -1.22. The van der Waals surface area contributed by atoms with E-state index in [4.69, 9.17) is 9.47 Å². The van der Waals surface area contributed by atoms with Gasteiger partial charge in [-0.05, 0) is 26.0 Å². The molecule has 15 heavy (non-hydrogen) atoms. The van der Waals surface area contributed by atoms with Crippen molar-refractivity contribution in [3.05, 3.63) is 23.8 Å². The largest absolute Gasteiger partial charge is 0.496 e. The van der Waals surface area contributed by atoms with Crippen molar-refractivity contribution in [1.82, 2.24) is 0 Å². The standard InChI is InChI=1S/C12H18O3/c1-4-15-12-7-5-6-11(14-3)10(12)8-9(2)13/h5-7,9,13H,4,8H2,1-3H3. The second kappa shape index (κ2) is 5.61. The summed E-state index contributed by atoms with van der Waals surface area (Å²) in [7, 11) is 1.62. The molecule has 1 aromatic rings. The Kier molecular flexibility index (Phi) is 4.43. The predicted molar refractivity (Wildman–Crippen MR) is 59.5 cm³/mol. The van der Waals surface area contributed by atoms with E-state index in [9.17, 15) is 5.11 Å². The van der Waals surface area contributed by atoms with E-state index in [0.29, 0.717) is 13.0 Å². The Labute approximate surface area is 90.6 Å². The van der Waals surface area contributed by atoms with Crippen LogP contribution < -0.4 is 9.47 Å². The predicted octanol–water partition coefficient (Wildman–Crippen LogP) is 2.02. The highest BCUT2D eigenvalue weighted by molar-refractivity contribution is 5.45. The molecule has 0 aromatic heterocycles. The molecule has 3 nitrogen and oxygen atoms in total. The van der Waals surface area contributed by atoms with Gasteiger partial charge in [0.25, 0.3) is 0 Å². The third kappa shape index (κ3) is 3.13. The molecule has 0 spiro atoms. The number of aliphatic hydroxyl groups is 1. The molecule has 0 aliphatic heterocycles. The molecule has 1 rings (SSSR count). The molecule has 0 bridgehead atoms. The van der Waals surface area contributed by atoms with Gasteiger partial charge >= 0.3 is 0 Å². The van der Waals surface area contributed by atoms with Gasteiger partial charge in [-0.2, -0.15) is 0 Å². The zero-order chi connectivity index (χ0) is 11.3. The minimum Gasteiger partial charge on any atom is -0.496 e. The molecule has 1 unspecified atom stereocenters. The molecular formula is C12H18O3. The molecule has 84 valence electrons. The van der Waals surface area contributed by atoms with Crippen molar-refractivity contribution < 1.29 is 14.6 Å². The van der Waals surface area contributed by atoms with Crippen LogP contribution in [0.4, 0.5) is 0 Å². The second-order valence-corrected chi connectivity index (χ2v) is 3.42. The van der Waals surface area contributed by atoms with Gasteiger partial charge in [0.1, 0.15) is 11.5 Å². The highest BCUT2D eigenvalue weighted by atomic mass is 16.5. The third-order valence-corrected chi connectivity index (χ3v) is 2.11. The van der Waals surface area contributed by atoms with E-state index in [-0.39, 0.29) is 0 Å². The van der Waals surface area contributed by atoms with Crippen molar-refractivity contribution in [1.29, 1.82) is 0 Å². The highest BCUT2D eigenvalue weighted by Crippen LogP contribution is 2.29. The number of ether oxygens (including phenoxy) is 2. The second-order valence-electron chi connectivity index (χ2n) is 3.42. The highest BCUT2D eigenvalue weighted by Gasteiger charge is 2.12. The normalized spacial score (nSPS) is 12.3. The quantitative estimate of drug-likeness (QED) is 0.808. The van der Waals surface area contributed by atoms with Crippen LogP contribution >= 0.6 is 0 Å². The SMILES string of the molecule is CCOc1cccc(OC)c1CC(C)O. The van der Waals surface area contributed by atoms with Crippen LogP contribution in [-0.2, 0) is 6.42 Å². The summed E-state index contributed by atoms with van der Waals surface area (Å²) in [5.74, 6) is 1.56. The molecule has 0 saturated heterocycles. The van der Waals surface area contributed by atoms with Gasteiger partial charge in [0.05, 0.1) is 19.8 Å². The Morgan fingerprint density at radius 3 is 2.53 bits per heavy atom. The fraction of sp³-hybridized carbons (Fsp3) is 0.500. The summed E-state index contributed by atoms with van der Waals surface area (Å²) in [5, 5.41) is 9.41. The minimum absolute atomic E-state index is 0.402. The monoisotopic (exact) mass is 210 g/mol. The van der Waals surface area contributed by atoms with Crippen LogP contribution in [0.3, 0.4) is 0 Å². The fourth-order valence-electron chi connectivity index (χ4n) is 1.52. The minimum atomic E-state index is -0.402. The van der Waals surface area contributed by atoms with E-state index in [0.717, 1.165) is 17.1 Å². The summed E-state index contributed by atoms with van der Waals surface area (Å²) in [6.07, 6.45) is 0.139. The van der Waals surface area contributed by atoms with Gasteiger partial charge in [0, 0.05) is 12.0 Å². The molecule has 0 radical (unpaired) electrons. The van der Waals surface area contributed by atoms with E-state index in [1.807, 2.05) is 25.1 Å². The van der Waals surface area contributed by atoms with Gasteiger partial charge in [0.15, 0.2) is 0 Å². The molecule has 0 aliphatic rings. The number of hydrogen-bond donors (Lipinski definition) is 1. The van der Waals surface area contributed by atoms with Crippen molar-refractivity contribution in [2.24, 2.45) is 0 Å². The maximum atomic E-state index is 9.41. The summed E-state index contributed by atoms with van der Waals surface area (Å²) in [6.45, 7) is 4.30. The Bertz CT molecular complexity index is 308. The van der Waals surface area contributed by atoms with Crippen molar-refractivity contribution >= 4 is 0 Å². The topological polar surface area (TPSA) is 38.7 Å². The smallest absolute Gasteiger partial charge is 0.126 e. The molecule has 3 heteroatoms. The van der Waals surface area contributed by atoms with E-state index in [2.05, 4.69) is 0 Å². The summed E-state index contributed by atoms with van der Waals surface area (Å²) in [4.78, 5) is 0. The van der Waals surface area contributed by atoms with Crippen LogP contribution in [-0.4, -0.2) is 24.9 Å². The molecule has 0 fully saturated rings. The number of hydrogen-bond acceptors (Lipinski definition) is 3. The maximum Gasteiger partial charge on any atom is 0.126 e. The number of benzene rings is 1. The van der Waals surface area contributed by atoms with Crippen LogP contribution in [0.2, 0.25) is 0 Å². The molecule has 1 atom stereocenters. The zero-order valence-corrected chi connectivity index (χ0v) is 9.49. The van der Waals surface area contributed by atoms with Gasteiger partial charge in [0.2, 0.25) is 0 Å². The van der Waals surface area contributed by atoms with E-state index in [1.165, 1.54) is 0 Å². The molecule has 1 N–H and O–H groups in total. The average Bonchev–Trinajstić information content (AvgIpc) is 2.20. The molecule has 0 amide bonds. The summed E-state index contributed by atoms with van der Waals surface area (Å²) in [5.41, 5.74) is 0.928. The lowest BCUT2D eigenvalue weighted by Gasteiger charge is -2.15. The number of aliphatic hydroxyl groups excluding tert-OH is 1. The van der Waals surface area contributed by atoms with E-state index < -0.39 is 6.10 Å². The van der Waals surface area contributed by atoms with Gasteiger partial charge < -0.3 is 14.6 Å². The van der Waals surface area contributed by atoms with Gasteiger partial charge in [-0.15, -0.1) is 0 Å². The molecule has 0 aliphatic carbocycles. The third-order valence-electron chi connectivity index (χ3n) is 2.11. The molecule has 1 aromatic carbocycles. The summed E-state index contributed by atoms with van der Waals surface area (Å²) < 4.78 is 10.7. The van der Waals surface area contributed by atoms with Gasteiger partial charge in [-0.3, -0.25) is 0 Å². The van der Waals surface area contributed by atoms with Crippen molar-refractivity contribution in [3.8, 4) is 11.5 Å². The average molecular weight is 210 g/mol. The Morgan fingerprint density at radius 1 is 1.33 bits per heavy atom. The first-order valence-electron chi connectivity index (χ1n) is 5.15. The van der Waals surface area contributed by atoms with Gasteiger partial charge in [-0.1, -0.05) is 6.07 Å². The zero-order valence-electron chi connectivity index (χ0n) is 9.49. The van der Waals surface area contributed by atoms with Crippen LogP contribution in [0.25, 0.3) is 0 Å².